The molecule has 1 aromatic carbocycles. The predicted molar refractivity (Wildman–Crippen MR) is 66.9 cm³/mol. The molecule has 0 amide bonds. The van der Waals surface area contributed by atoms with Crippen molar-refractivity contribution in [3.63, 3.8) is 0 Å². The van der Waals surface area contributed by atoms with E-state index in [0.29, 0.717) is 11.6 Å². The fraction of sp³-hybridized carbons (Fsp3) is 0.455. The first kappa shape index (κ1) is 13.0. The van der Waals surface area contributed by atoms with Gasteiger partial charge in [-0.05, 0) is 46.6 Å². The van der Waals surface area contributed by atoms with Crippen molar-refractivity contribution in [1.29, 1.82) is 0 Å². The molecule has 1 aromatic rings. The maximum absolute atomic E-state index is 10.1. The molecule has 0 aliphatic rings. The monoisotopic (exact) mass is 291 g/mol. The number of hydrogen-bond acceptors (Lipinski definition) is 2. The van der Waals surface area contributed by atoms with Crippen molar-refractivity contribution in [1.82, 2.24) is 0 Å². The molecule has 0 saturated heterocycles. The van der Waals surface area contributed by atoms with Crippen LogP contribution in [0.4, 0.5) is 0 Å². The Balaban J connectivity index is 2.90. The molecule has 2 atom stereocenters. The lowest BCUT2D eigenvalue weighted by molar-refractivity contribution is 0.110. The van der Waals surface area contributed by atoms with Gasteiger partial charge in [-0.3, -0.25) is 0 Å². The molecule has 0 spiro atoms. The average molecular weight is 293 g/mol. The third kappa shape index (κ3) is 3.18. The summed E-state index contributed by atoms with van der Waals surface area (Å²) in [6.45, 7) is 2.50. The molecule has 0 heterocycles. The van der Waals surface area contributed by atoms with Crippen LogP contribution in [0.15, 0.2) is 22.7 Å². The zero-order chi connectivity index (χ0) is 11.4. The van der Waals surface area contributed by atoms with E-state index in [2.05, 4.69) is 15.9 Å². The van der Waals surface area contributed by atoms with Crippen molar-refractivity contribution in [2.45, 2.75) is 19.4 Å². The van der Waals surface area contributed by atoms with E-state index in [1.807, 2.05) is 19.1 Å². The molecule has 2 unspecified atom stereocenters. The van der Waals surface area contributed by atoms with Gasteiger partial charge in [-0.2, -0.15) is 0 Å². The third-order valence-corrected chi connectivity index (χ3v) is 3.77. The minimum absolute atomic E-state index is 0.0954. The Labute approximate surface area is 104 Å². The van der Waals surface area contributed by atoms with Crippen LogP contribution in [0.1, 0.15) is 25.0 Å². The highest BCUT2D eigenvalue weighted by Gasteiger charge is 2.18. The Hall–Kier alpha value is -0.0900. The summed E-state index contributed by atoms with van der Waals surface area (Å²) >= 11 is 9.21. The van der Waals surface area contributed by atoms with Crippen LogP contribution in [-0.2, 0) is 0 Å². The van der Waals surface area contributed by atoms with Gasteiger partial charge in [-0.25, -0.2) is 0 Å². The molecule has 0 aliphatic heterocycles. The number of hydrogen-bond donors (Lipinski definition) is 2. The first-order valence-electron chi connectivity index (χ1n) is 4.93. The molecule has 2 nitrogen and oxygen atoms in total. The smallest absolute Gasteiger partial charge is 0.0830 e. The van der Waals surface area contributed by atoms with Crippen molar-refractivity contribution in [2.24, 2.45) is 11.7 Å². The van der Waals surface area contributed by atoms with Gasteiger partial charge in [0, 0.05) is 10.4 Å². The standard InChI is InChI=1S/C11H15BrClNO/c1-2-7(6-14)11(15)8-3-4-10(13)9(12)5-8/h3-5,7,11,15H,2,6,14H2,1H3. The van der Waals surface area contributed by atoms with E-state index in [9.17, 15) is 5.11 Å². The van der Waals surface area contributed by atoms with Crippen LogP contribution in [-0.4, -0.2) is 11.7 Å². The summed E-state index contributed by atoms with van der Waals surface area (Å²) in [5.74, 6) is 0.0954. The first-order chi connectivity index (χ1) is 7.10. The van der Waals surface area contributed by atoms with E-state index in [4.69, 9.17) is 17.3 Å². The molecule has 0 aliphatic carbocycles. The second kappa shape index (κ2) is 5.85. The largest absolute Gasteiger partial charge is 0.388 e. The Morgan fingerprint density at radius 1 is 1.53 bits per heavy atom. The molecular formula is C11H15BrClNO. The van der Waals surface area contributed by atoms with Gasteiger partial charge < -0.3 is 10.8 Å². The number of benzene rings is 1. The Bertz CT molecular complexity index is 328. The zero-order valence-electron chi connectivity index (χ0n) is 8.58. The van der Waals surface area contributed by atoms with E-state index in [1.54, 1.807) is 6.07 Å². The summed E-state index contributed by atoms with van der Waals surface area (Å²) < 4.78 is 0.799. The fourth-order valence-corrected chi connectivity index (χ4v) is 2.00. The molecule has 1 rings (SSSR count). The van der Waals surface area contributed by atoms with Gasteiger partial charge in [0.1, 0.15) is 0 Å². The van der Waals surface area contributed by atoms with E-state index < -0.39 is 6.10 Å². The Kier molecular flexibility index (Phi) is 5.06. The van der Waals surface area contributed by atoms with Crippen LogP contribution in [0, 0.1) is 5.92 Å². The number of aliphatic hydroxyl groups excluding tert-OH is 1. The number of halogens is 2. The number of nitrogens with two attached hydrogens (primary N) is 1. The third-order valence-electron chi connectivity index (χ3n) is 2.56. The molecule has 0 saturated carbocycles. The van der Waals surface area contributed by atoms with Gasteiger partial charge in [0.25, 0.3) is 0 Å². The molecule has 0 fully saturated rings. The minimum Gasteiger partial charge on any atom is -0.388 e. The molecule has 0 radical (unpaired) electrons. The number of rotatable bonds is 4. The molecule has 4 heteroatoms. The molecule has 3 N–H and O–H groups in total. The maximum Gasteiger partial charge on any atom is 0.0830 e. The molecule has 0 aromatic heterocycles. The van der Waals surface area contributed by atoms with Crippen molar-refractivity contribution >= 4 is 27.5 Å². The normalized spacial score (nSPS) is 15.0. The summed E-state index contributed by atoms with van der Waals surface area (Å²) in [6.07, 6.45) is 0.339. The maximum atomic E-state index is 10.1. The van der Waals surface area contributed by atoms with Crippen molar-refractivity contribution in [2.75, 3.05) is 6.54 Å². The Morgan fingerprint density at radius 2 is 2.20 bits per heavy atom. The minimum atomic E-state index is -0.520. The lowest BCUT2D eigenvalue weighted by Crippen LogP contribution is -2.21. The van der Waals surface area contributed by atoms with Gasteiger partial charge in [0.15, 0.2) is 0 Å². The van der Waals surface area contributed by atoms with Crippen molar-refractivity contribution < 1.29 is 5.11 Å². The van der Waals surface area contributed by atoms with Crippen LogP contribution < -0.4 is 5.73 Å². The van der Waals surface area contributed by atoms with E-state index >= 15 is 0 Å². The second-order valence-corrected chi connectivity index (χ2v) is 4.78. The number of aliphatic hydroxyl groups is 1. The molecular weight excluding hydrogens is 277 g/mol. The highest BCUT2D eigenvalue weighted by atomic mass is 79.9. The second-order valence-electron chi connectivity index (χ2n) is 3.52. The Morgan fingerprint density at radius 3 is 2.67 bits per heavy atom. The van der Waals surface area contributed by atoms with Gasteiger partial charge in [0.05, 0.1) is 11.1 Å². The van der Waals surface area contributed by atoms with Gasteiger partial charge in [0.2, 0.25) is 0 Å². The summed E-state index contributed by atoms with van der Waals surface area (Å²) in [4.78, 5) is 0. The zero-order valence-corrected chi connectivity index (χ0v) is 10.9. The van der Waals surface area contributed by atoms with Crippen LogP contribution in [0.5, 0.6) is 0 Å². The average Bonchev–Trinajstić information content (AvgIpc) is 2.23. The lowest BCUT2D eigenvalue weighted by Gasteiger charge is -2.20. The fourth-order valence-electron chi connectivity index (χ4n) is 1.49. The van der Waals surface area contributed by atoms with Crippen LogP contribution in [0.2, 0.25) is 5.02 Å². The van der Waals surface area contributed by atoms with Gasteiger partial charge in [-0.1, -0.05) is 24.6 Å². The predicted octanol–water partition coefficient (Wildman–Crippen LogP) is 3.12. The van der Waals surface area contributed by atoms with Crippen molar-refractivity contribution in [3.8, 4) is 0 Å². The highest BCUT2D eigenvalue weighted by molar-refractivity contribution is 9.10. The van der Waals surface area contributed by atoms with Gasteiger partial charge >= 0.3 is 0 Å². The summed E-state index contributed by atoms with van der Waals surface area (Å²) in [5.41, 5.74) is 6.44. The van der Waals surface area contributed by atoms with Crippen molar-refractivity contribution in [3.05, 3.63) is 33.3 Å². The summed E-state index contributed by atoms with van der Waals surface area (Å²) in [6, 6.07) is 5.44. The summed E-state index contributed by atoms with van der Waals surface area (Å²) in [7, 11) is 0. The van der Waals surface area contributed by atoms with E-state index in [1.165, 1.54) is 0 Å². The first-order valence-corrected chi connectivity index (χ1v) is 6.10. The quantitative estimate of drug-likeness (QED) is 0.895. The van der Waals surface area contributed by atoms with E-state index in [0.717, 1.165) is 16.5 Å². The molecule has 84 valence electrons. The molecule has 0 bridgehead atoms. The lowest BCUT2D eigenvalue weighted by atomic mass is 9.94. The SMILES string of the molecule is CCC(CN)C(O)c1ccc(Cl)c(Br)c1. The topological polar surface area (TPSA) is 46.2 Å². The van der Waals surface area contributed by atoms with Crippen LogP contribution >= 0.6 is 27.5 Å². The summed E-state index contributed by atoms with van der Waals surface area (Å²) in [5, 5.41) is 10.7. The molecule has 15 heavy (non-hydrogen) atoms. The van der Waals surface area contributed by atoms with Crippen LogP contribution in [0.3, 0.4) is 0 Å². The van der Waals surface area contributed by atoms with Crippen LogP contribution in [0.25, 0.3) is 0 Å². The van der Waals surface area contributed by atoms with E-state index in [-0.39, 0.29) is 5.92 Å². The van der Waals surface area contributed by atoms with Gasteiger partial charge in [-0.15, -0.1) is 0 Å². The highest BCUT2D eigenvalue weighted by Crippen LogP contribution is 2.29.